The Morgan fingerprint density at radius 1 is 0.400 bits per heavy atom. The maximum atomic E-state index is 2.52. The highest BCUT2D eigenvalue weighted by Crippen LogP contribution is 2.45. The SMILES string of the molecule is Cc1cc(C)cc(N2c3cc(-c4ccccc4)ccc3B3c4c(C)cc(C)cc4N(c4cc(C)cc(C)c4)c4cccc2c43)c1. The van der Waals surface area contributed by atoms with E-state index in [9.17, 15) is 0 Å². The molecule has 0 bridgehead atoms. The lowest BCUT2D eigenvalue weighted by molar-refractivity contribution is 1.22. The molecule has 0 spiro atoms. The molecule has 0 fully saturated rings. The molecule has 6 aromatic rings. The molecule has 6 aromatic carbocycles. The van der Waals surface area contributed by atoms with Gasteiger partial charge in [0.25, 0.3) is 6.71 Å². The van der Waals surface area contributed by atoms with Gasteiger partial charge in [-0.05, 0) is 145 Å². The fraction of sp³-hybridized carbons (Fsp3) is 0.143. The minimum Gasteiger partial charge on any atom is -0.311 e. The zero-order valence-electron chi connectivity index (χ0n) is 26.9. The Morgan fingerprint density at radius 2 is 0.956 bits per heavy atom. The second kappa shape index (κ2) is 10.3. The van der Waals surface area contributed by atoms with Crippen LogP contribution in [0.3, 0.4) is 0 Å². The third kappa shape index (κ3) is 4.41. The number of nitrogens with zero attached hydrogens (tertiary/aromatic N) is 2. The molecule has 2 nitrogen and oxygen atoms in total. The standard InChI is InChI=1S/C42H37BN2/c1-26-17-27(2)21-34(20-26)44-37-13-10-14-38-42(37)43(36-16-15-33(25-39(36)44)32-11-8-7-9-12-32)41-31(6)19-30(5)24-40(41)45(38)35-22-28(3)18-29(4)23-35/h7-25H,1-6H3. The summed E-state index contributed by atoms with van der Waals surface area (Å²) in [5, 5.41) is 0. The smallest absolute Gasteiger partial charge is 0.252 e. The van der Waals surface area contributed by atoms with Crippen LogP contribution < -0.4 is 26.2 Å². The summed E-state index contributed by atoms with van der Waals surface area (Å²) < 4.78 is 0. The Kier molecular flexibility index (Phi) is 6.29. The third-order valence-electron chi connectivity index (χ3n) is 9.49. The topological polar surface area (TPSA) is 6.48 Å². The minimum absolute atomic E-state index is 0.121. The van der Waals surface area contributed by atoms with Gasteiger partial charge in [-0.1, -0.05) is 72.3 Å². The van der Waals surface area contributed by atoms with E-state index >= 15 is 0 Å². The summed E-state index contributed by atoms with van der Waals surface area (Å²) in [6.07, 6.45) is 0. The Bertz CT molecular complexity index is 2110. The highest BCUT2D eigenvalue weighted by atomic mass is 15.2. The molecule has 2 aliphatic heterocycles. The summed E-state index contributed by atoms with van der Waals surface area (Å²) in [5.41, 5.74) is 21.8. The zero-order valence-corrected chi connectivity index (χ0v) is 26.9. The molecule has 45 heavy (non-hydrogen) atoms. The van der Waals surface area contributed by atoms with Gasteiger partial charge < -0.3 is 9.80 Å². The van der Waals surface area contributed by atoms with Crippen LogP contribution in [0.15, 0.2) is 115 Å². The van der Waals surface area contributed by atoms with E-state index in [1.54, 1.807) is 0 Å². The molecule has 0 saturated heterocycles. The molecule has 218 valence electrons. The molecule has 0 atom stereocenters. The Balaban J connectivity index is 1.48. The Morgan fingerprint density at radius 3 is 1.56 bits per heavy atom. The Hall–Kier alpha value is -5.02. The monoisotopic (exact) mass is 580 g/mol. The molecule has 0 aliphatic carbocycles. The number of hydrogen-bond donors (Lipinski definition) is 0. The summed E-state index contributed by atoms with van der Waals surface area (Å²) >= 11 is 0. The van der Waals surface area contributed by atoms with Gasteiger partial charge in [0.15, 0.2) is 0 Å². The molecule has 2 aliphatic rings. The van der Waals surface area contributed by atoms with Crippen molar-refractivity contribution in [2.75, 3.05) is 9.80 Å². The van der Waals surface area contributed by atoms with Crippen molar-refractivity contribution in [2.45, 2.75) is 41.5 Å². The second-order valence-corrected chi connectivity index (χ2v) is 13.2. The van der Waals surface area contributed by atoms with E-state index in [4.69, 9.17) is 0 Å². The van der Waals surface area contributed by atoms with E-state index in [0.717, 1.165) is 0 Å². The summed E-state index contributed by atoms with van der Waals surface area (Å²) in [7, 11) is 0. The van der Waals surface area contributed by atoms with Gasteiger partial charge in [-0.2, -0.15) is 0 Å². The van der Waals surface area contributed by atoms with Gasteiger partial charge in [0.2, 0.25) is 0 Å². The van der Waals surface area contributed by atoms with Crippen molar-refractivity contribution in [2.24, 2.45) is 0 Å². The van der Waals surface area contributed by atoms with E-state index in [2.05, 4.69) is 167 Å². The van der Waals surface area contributed by atoms with Crippen LogP contribution >= 0.6 is 0 Å². The number of benzene rings is 6. The highest BCUT2D eigenvalue weighted by Gasteiger charge is 2.44. The van der Waals surface area contributed by atoms with Crippen LogP contribution in [0.5, 0.6) is 0 Å². The molecular formula is C42H37BN2. The van der Waals surface area contributed by atoms with Crippen molar-refractivity contribution in [1.82, 2.24) is 0 Å². The van der Waals surface area contributed by atoms with Crippen LogP contribution in [0.4, 0.5) is 34.1 Å². The molecule has 3 heteroatoms. The second-order valence-electron chi connectivity index (χ2n) is 13.2. The molecule has 0 radical (unpaired) electrons. The highest BCUT2D eigenvalue weighted by molar-refractivity contribution is 7.00. The van der Waals surface area contributed by atoms with Crippen molar-refractivity contribution < 1.29 is 0 Å². The first-order chi connectivity index (χ1) is 21.8. The fourth-order valence-electron chi connectivity index (χ4n) is 7.97. The van der Waals surface area contributed by atoms with Gasteiger partial charge >= 0.3 is 0 Å². The lowest BCUT2D eigenvalue weighted by Crippen LogP contribution is -2.62. The van der Waals surface area contributed by atoms with Gasteiger partial charge in [-0.3, -0.25) is 0 Å². The maximum absolute atomic E-state index is 2.52. The van der Waals surface area contributed by atoms with Crippen LogP contribution in [0.25, 0.3) is 11.1 Å². The van der Waals surface area contributed by atoms with Crippen molar-refractivity contribution in [1.29, 1.82) is 0 Å². The lowest BCUT2D eigenvalue weighted by atomic mass is 9.32. The molecular weight excluding hydrogens is 543 g/mol. The van der Waals surface area contributed by atoms with E-state index in [0.29, 0.717) is 0 Å². The number of aryl methyl sites for hydroxylation is 6. The van der Waals surface area contributed by atoms with Crippen molar-refractivity contribution >= 4 is 57.2 Å². The van der Waals surface area contributed by atoms with E-state index in [1.165, 1.54) is 95.0 Å². The summed E-state index contributed by atoms with van der Waals surface area (Å²) in [4.78, 5) is 5.04. The van der Waals surface area contributed by atoms with Crippen molar-refractivity contribution in [3.8, 4) is 11.1 Å². The van der Waals surface area contributed by atoms with Crippen molar-refractivity contribution in [3.05, 3.63) is 149 Å². The minimum atomic E-state index is 0.121. The predicted molar refractivity (Wildman–Crippen MR) is 194 cm³/mol. The number of anilines is 6. The summed E-state index contributed by atoms with van der Waals surface area (Å²) in [5.74, 6) is 0. The van der Waals surface area contributed by atoms with Crippen LogP contribution in [0.2, 0.25) is 0 Å². The molecule has 2 heterocycles. The average molecular weight is 581 g/mol. The number of rotatable bonds is 3. The molecule has 0 N–H and O–H groups in total. The average Bonchev–Trinajstić information content (AvgIpc) is 3.00. The normalized spacial score (nSPS) is 13.0. The Labute approximate surface area is 267 Å². The van der Waals surface area contributed by atoms with Crippen LogP contribution in [0, 0.1) is 41.5 Å². The molecule has 0 unspecified atom stereocenters. The molecule has 0 aromatic heterocycles. The van der Waals surface area contributed by atoms with Crippen LogP contribution in [-0.4, -0.2) is 6.71 Å². The van der Waals surface area contributed by atoms with Gasteiger partial charge in [0.05, 0.1) is 0 Å². The van der Waals surface area contributed by atoms with Gasteiger partial charge in [0.1, 0.15) is 0 Å². The van der Waals surface area contributed by atoms with E-state index < -0.39 is 0 Å². The molecule has 8 rings (SSSR count). The molecule has 0 saturated carbocycles. The first-order valence-corrected chi connectivity index (χ1v) is 16.0. The lowest BCUT2D eigenvalue weighted by Gasteiger charge is -2.45. The maximum Gasteiger partial charge on any atom is 0.252 e. The largest absolute Gasteiger partial charge is 0.311 e. The van der Waals surface area contributed by atoms with Crippen LogP contribution in [0.1, 0.15) is 33.4 Å². The van der Waals surface area contributed by atoms with E-state index in [-0.39, 0.29) is 6.71 Å². The first kappa shape index (κ1) is 27.5. The summed E-state index contributed by atoms with van der Waals surface area (Å²) in [6.45, 7) is 13.5. The van der Waals surface area contributed by atoms with Gasteiger partial charge in [-0.25, -0.2) is 0 Å². The zero-order chi connectivity index (χ0) is 31.0. The predicted octanol–water partition coefficient (Wildman–Crippen LogP) is 9.29. The first-order valence-electron chi connectivity index (χ1n) is 16.0. The number of fused-ring (bicyclic) bond motifs is 4. The van der Waals surface area contributed by atoms with Crippen molar-refractivity contribution in [3.63, 3.8) is 0 Å². The van der Waals surface area contributed by atoms with Gasteiger partial charge in [-0.15, -0.1) is 0 Å². The number of hydrogen-bond acceptors (Lipinski definition) is 2. The summed E-state index contributed by atoms with van der Waals surface area (Å²) in [6, 6.07) is 43.4. The van der Waals surface area contributed by atoms with E-state index in [1.807, 2.05) is 0 Å². The third-order valence-corrected chi connectivity index (χ3v) is 9.49. The fourth-order valence-corrected chi connectivity index (χ4v) is 7.97. The van der Waals surface area contributed by atoms with Gasteiger partial charge in [0, 0.05) is 34.1 Å². The molecule has 0 amide bonds. The van der Waals surface area contributed by atoms with Crippen LogP contribution in [-0.2, 0) is 0 Å². The quantitative estimate of drug-likeness (QED) is 0.192.